The normalized spacial score (nSPS) is 12.4. The predicted octanol–water partition coefficient (Wildman–Crippen LogP) is 2.87. The fourth-order valence-electron chi connectivity index (χ4n) is 1.80. The van der Waals surface area contributed by atoms with Crippen molar-refractivity contribution in [2.45, 2.75) is 12.5 Å². The summed E-state index contributed by atoms with van der Waals surface area (Å²) in [5, 5.41) is 0. The van der Waals surface area contributed by atoms with E-state index in [4.69, 9.17) is 5.84 Å². The fourth-order valence-corrected chi connectivity index (χ4v) is 2.33. The van der Waals surface area contributed by atoms with Crippen molar-refractivity contribution in [3.8, 4) is 0 Å². The van der Waals surface area contributed by atoms with Gasteiger partial charge in [0.1, 0.15) is 11.6 Å². The molecule has 2 rings (SSSR count). The molecule has 0 amide bonds. The van der Waals surface area contributed by atoms with Crippen molar-refractivity contribution in [2.24, 2.45) is 5.84 Å². The van der Waals surface area contributed by atoms with Crippen LogP contribution in [0.1, 0.15) is 17.3 Å². The fraction of sp³-hybridized carbons (Fsp3) is 0.154. The molecule has 0 radical (unpaired) electrons. The van der Waals surface area contributed by atoms with Crippen LogP contribution in [0.25, 0.3) is 0 Å². The van der Waals surface area contributed by atoms with E-state index < -0.39 is 11.6 Å². The molecule has 0 aliphatic carbocycles. The van der Waals surface area contributed by atoms with Crippen molar-refractivity contribution in [2.75, 3.05) is 0 Å². The molecule has 1 unspecified atom stereocenters. The van der Waals surface area contributed by atoms with Gasteiger partial charge in [-0.1, -0.05) is 6.07 Å². The monoisotopic (exact) mass is 327 g/mol. The summed E-state index contributed by atoms with van der Waals surface area (Å²) in [5.41, 5.74) is 3.65. The van der Waals surface area contributed by atoms with E-state index in [2.05, 4.69) is 26.3 Å². The Kier molecular flexibility index (Phi) is 4.57. The van der Waals surface area contributed by atoms with Gasteiger partial charge in [0.2, 0.25) is 0 Å². The highest BCUT2D eigenvalue weighted by molar-refractivity contribution is 9.10. The van der Waals surface area contributed by atoms with E-state index in [0.717, 1.165) is 10.5 Å². The molecule has 1 aromatic heterocycles. The standard InChI is InChI=1S/C13H12BrF2N3/c14-10-2-1-5-18-13(10)12(19-17)6-8-3-4-9(15)7-11(8)16/h1-5,7,12,19H,6,17H2. The minimum Gasteiger partial charge on any atom is -0.271 e. The Morgan fingerprint density at radius 3 is 2.74 bits per heavy atom. The highest BCUT2D eigenvalue weighted by Gasteiger charge is 2.17. The zero-order valence-electron chi connectivity index (χ0n) is 9.91. The summed E-state index contributed by atoms with van der Waals surface area (Å²) in [6, 6.07) is 6.73. The average Bonchev–Trinajstić information content (AvgIpc) is 2.39. The second-order valence-corrected chi connectivity index (χ2v) is 4.88. The van der Waals surface area contributed by atoms with Gasteiger partial charge in [-0.15, -0.1) is 0 Å². The first-order valence-corrected chi connectivity index (χ1v) is 6.41. The first kappa shape index (κ1) is 14.0. The van der Waals surface area contributed by atoms with Crippen LogP contribution in [0.3, 0.4) is 0 Å². The third-order valence-electron chi connectivity index (χ3n) is 2.76. The van der Waals surface area contributed by atoms with Crippen LogP contribution in [0.15, 0.2) is 41.0 Å². The predicted molar refractivity (Wildman–Crippen MR) is 72.1 cm³/mol. The van der Waals surface area contributed by atoms with Gasteiger partial charge in [-0.2, -0.15) is 0 Å². The molecule has 0 saturated carbocycles. The number of rotatable bonds is 4. The Morgan fingerprint density at radius 1 is 1.32 bits per heavy atom. The molecule has 1 aromatic carbocycles. The molecule has 0 aliphatic rings. The number of nitrogens with zero attached hydrogens (tertiary/aromatic N) is 1. The Morgan fingerprint density at radius 2 is 2.11 bits per heavy atom. The first-order valence-electron chi connectivity index (χ1n) is 5.62. The van der Waals surface area contributed by atoms with Crippen molar-refractivity contribution >= 4 is 15.9 Å². The number of aromatic nitrogens is 1. The highest BCUT2D eigenvalue weighted by Crippen LogP contribution is 2.24. The summed E-state index contributed by atoms with van der Waals surface area (Å²) in [7, 11) is 0. The van der Waals surface area contributed by atoms with Crippen LogP contribution in [-0.4, -0.2) is 4.98 Å². The molecule has 100 valence electrons. The van der Waals surface area contributed by atoms with Gasteiger partial charge >= 0.3 is 0 Å². The Balaban J connectivity index is 2.27. The summed E-state index contributed by atoms with van der Waals surface area (Å²) in [5.74, 6) is 4.30. The van der Waals surface area contributed by atoms with Gasteiger partial charge in [0, 0.05) is 16.7 Å². The molecule has 2 aromatic rings. The van der Waals surface area contributed by atoms with E-state index in [0.29, 0.717) is 11.3 Å². The largest absolute Gasteiger partial charge is 0.271 e. The highest BCUT2D eigenvalue weighted by atomic mass is 79.9. The first-order chi connectivity index (χ1) is 9.11. The number of hydrogen-bond acceptors (Lipinski definition) is 3. The average molecular weight is 328 g/mol. The number of hydrazine groups is 1. The van der Waals surface area contributed by atoms with Gasteiger partial charge < -0.3 is 0 Å². The third kappa shape index (κ3) is 3.34. The zero-order valence-corrected chi connectivity index (χ0v) is 11.5. The van der Waals surface area contributed by atoms with E-state index in [1.54, 1.807) is 12.3 Å². The summed E-state index contributed by atoms with van der Waals surface area (Å²) >= 11 is 3.37. The molecule has 0 saturated heterocycles. The Bertz CT molecular complexity index is 578. The summed E-state index contributed by atoms with van der Waals surface area (Å²) in [6.45, 7) is 0. The lowest BCUT2D eigenvalue weighted by Crippen LogP contribution is -2.30. The van der Waals surface area contributed by atoms with Gasteiger partial charge in [-0.3, -0.25) is 16.3 Å². The molecule has 1 atom stereocenters. The lowest BCUT2D eigenvalue weighted by atomic mass is 10.0. The number of benzene rings is 1. The van der Waals surface area contributed by atoms with Gasteiger partial charge in [-0.05, 0) is 46.1 Å². The SMILES string of the molecule is NNC(Cc1ccc(F)cc1F)c1ncccc1Br. The van der Waals surface area contributed by atoms with Crippen molar-refractivity contribution in [3.05, 3.63) is 63.9 Å². The van der Waals surface area contributed by atoms with Crippen LogP contribution in [0.5, 0.6) is 0 Å². The van der Waals surface area contributed by atoms with E-state index in [1.165, 1.54) is 12.1 Å². The minimum absolute atomic E-state index is 0.276. The third-order valence-corrected chi connectivity index (χ3v) is 3.43. The summed E-state index contributed by atoms with van der Waals surface area (Å²) in [6.07, 6.45) is 1.91. The lowest BCUT2D eigenvalue weighted by Gasteiger charge is -2.17. The maximum absolute atomic E-state index is 13.6. The molecule has 1 heterocycles. The molecule has 3 nitrogen and oxygen atoms in total. The van der Waals surface area contributed by atoms with Crippen LogP contribution >= 0.6 is 15.9 Å². The second-order valence-electron chi connectivity index (χ2n) is 4.03. The van der Waals surface area contributed by atoms with Crippen LogP contribution < -0.4 is 11.3 Å². The molecular weight excluding hydrogens is 316 g/mol. The maximum Gasteiger partial charge on any atom is 0.129 e. The molecule has 0 aliphatic heterocycles. The van der Waals surface area contributed by atoms with Crippen molar-refractivity contribution in [1.29, 1.82) is 0 Å². The van der Waals surface area contributed by atoms with Crippen LogP contribution in [0, 0.1) is 11.6 Å². The van der Waals surface area contributed by atoms with Gasteiger partial charge in [0.15, 0.2) is 0 Å². The number of hydrogen-bond donors (Lipinski definition) is 2. The molecule has 3 N–H and O–H groups in total. The minimum atomic E-state index is -0.600. The topological polar surface area (TPSA) is 50.9 Å². The number of nitrogens with one attached hydrogen (secondary N) is 1. The molecule has 0 bridgehead atoms. The number of nitrogens with two attached hydrogens (primary N) is 1. The second kappa shape index (κ2) is 6.18. The van der Waals surface area contributed by atoms with Crippen LogP contribution in [0.2, 0.25) is 0 Å². The van der Waals surface area contributed by atoms with E-state index in [1.807, 2.05) is 6.07 Å². The van der Waals surface area contributed by atoms with E-state index >= 15 is 0 Å². The van der Waals surface area contributed by atoms with Crippen molar-refractivity contribution < 1.29 is 8.78 Å². The smallest absolute Gasteiger partial charge is 0.129 e. The number of halogens is 3. The summed E-state index contributed by atoms with van der Waals surface area (Å²) < 4.78 is 27.3. The quantitative estimate of drug-likeness (QED) is 0.670. The molecule has 6 heteroatoms. The Labute approximate surface area is 117 Å². The lowest BCUT2D eigenvalue weighted by molar-refractivity contribution is 0.511. The van der Waals surface area contributed by atoms with E-state index in [9.17, 15) is 8.78 Å². The van der Waals surface area contributed by atoms with Crippen LogP contribution in [-0.2, 0) is 6.42 Å². The van der Waals surface area contributed by atoms with Crippen LogP contribution in [0.4, 0.5) is 8.78 Å². The summed E-state index contributed by atoms with van der Waals surface area (Å²) in [4.78, 5) is 4.21. The van der Waals surface area contributed by atoms with Gasteiger partial charge in [0.25, 0.3) is 0 Å². The van der Waals surface area contributed by atoms with Crippen molar-refractivity contribution in [1.82, 2.24) is 10.4 Å². The zero-order chi connectivity index (χ0) is 13.8. The molecule has 19 heavy (non-hydrogen) atoms. The Hall–Kier alpha value is -1.37. The number of pyridine rings is 1. The molecular formula is C13H12BrF2N3. The van der Waals surface area contributed by atoms with E-state index in [-0.39, 0.29) is 12.5 Å². The van der Waals surface area contributed by atoms with Gasteiger partial charge in [0.05, 0.1) is 11.7 Å². The molecule has 0 spiro atoms. The maximum atomic E-state index is 13.6. The van der Waals surface area contributed by atoms with Gasteiger partial charge in [-0.25, -0.2) is 8.78 Å². The molecule has 0 fully saturated rings. The van der Waals surface area contributed by atoms with Crippen molar-refractivity contribution in [3.63, 3.8) is 0 Å².